The highest BCUT2D eigenvalue weighted by Gasteiger charge is 2.11. The second-order valence-electron chi connectivity index (χ2n) is 4.66. The fraction of sp³-hybridized carbons (Fsp3) is 0.333. The van der Waals surface area contributed by atoms with Crippen LogP contribution in [0, 0.1) is 0 Å². The summed E-state index contributed by atoms with van der Waals surface area (Å²) in [5.41, 5.74) is 7.40. The maximum absolute atomic E-state index is 11.8. The van der Waals surface area contributed by atoms with Gasteiger partial charge in [-0.2, -0.15) is 5.10 Å². The number of nitrogens with two attached hydrogens (primary N) is 1. The fourth-order valence-electron chi connectivity index (χ4n) is 1.83. The van der Waals surface area contributed by atoms with E-state index in [1.807, 2.05) is 12.1 Å². The molecule has 0 saturated heterocycles. The quantitative estimate of drug-likeness (QED) is 0.460. The van der Waals surface area contributed by atoms with Gasteiger partial charge in [-0.3, -0.25) is 0 Å². The molecule has 0 aliphatic carbocycles. The van der Waals surface area contributed by atoms with Gasteiger partial charge in [-0.15, -0.1) is 0 Å². The zero-order chi connectivity index (χ0) is 15.1. The molecule has 0 radical (unpaired) electrons. The predicted octanol–water partition coefficient (Wildman–Crippen LogP) is 1.77. The Morgan fingerprint density at radius 2 is 1.95 bits per heavy atom. The molecule has 6 nitrogen and oxygen atoms in total. The summed E-state index contributed by atoms with van der Waals surface area (Å²) in [5.74, 6) is -0.437. The lowest BCUT2D eigenvalue weighted by molar-refractivity contribution is 0.0489. The van der Waals surface area contributed by atoms with Gasteiger partial charge in [0.05, 0.1) is 12.3 Å². The molecule has 0 aliphatic heterocycles. The number of anilines is 1. The molecule has 6 heteroatoms. The fourth-order valence-corrected chi connectivity index (χ4v) is 1.83. The van der Waals surface area contributed by atoms with Gasteiger partial charge < -0.3 is 15.6 Å². The largest absolute Gasteiger partial charge is 0.461 e. The monoisotopic (exact) mass is 289 g/mol. The number of nitrogen functional groups attached to an aromatic ring is 1. The zero-order valence-electron chi connectivity index (χ0n) is 11.7. The normalized spacial score (nSPS) is 10.5. The van der Waals surface area contributed by atoms with Gasteiger partial charge in [0, 0.05) is 18.5 Å². The average Bonchev–Trinajstić information content (AvgIpc) is 2.97. The van der Waals surface area contributed by atoms with Crippen LogP contribution in [0.2, 0.25) is 0 Å². The summed E-state index contributed by atoms with van der Waals surface area (Å²) in [6.45, 7) is 0.507. The Kier molecular flexibility index (Phi) is 5.34. The number of hydrogen-bond donors (Lipinski definition) is 2. The number of benzene rings is 1. The highest BCUT2D eigenvalue weighted by molar-refractivity contribution is 5.87. The van der Waals surface area contributed by atoms with Gasteiger partial charge in [0.2, 0.25) is 0 Å². The molecule has 2 rings (SSSR count). The number of aliphatic hydroxyl groups excluding tert-OH is 1. The first kappa shape index (κ1) is 15.1. The first-order chi connectivity index (χ1) is 10.2. The Labute approximate surface area is 123 Å². The molecule has 0 bridgehead atoms. The molecule has 112 valence electrons. The van der Waals surface area contributed by atoms with Crippen molar-refractivity contribution in [3.05, 3.63) is 42.2 Å². The van der Waals surface area contributed by atoms with Crippen LogP contribution in [-0.4, -0.2) is 34.1 Å². The van der Waals surface area contributed by atoms with Crippen LogP contribution in [0.25, 0.3) is 5.69 Å². The van der Waals surface area contributed by atoms with Crippen LogP contribution >= 0.6 is 0 Å². The predicted molar refractivity (Wildman–Crippen MR) is 79.2 cm³/mol. The maximum Gasteiger partial charge on any atom is 0.358 e. The van der Waals surface area contributed by atoms with E-state index in [4.69, 9.17) is 15.6 Å². The molecular weight excluding hydrogens is 270 g/mol. The molecule has 21 heavy (non-hydrogen) atoms. The summed E-state index contributed by atoms with van der Waals surface area (Å²) in [6.07, 6.45) is 4.01. The number of ether oxygens (including phenoxy) is 1. The van der Waals surface area contributed by atoms with Crippen molar-refractivity contribution in [1.29, 1.82) is 0 Å². The SMILES string of the molecule is Nc1ccc(-n2ccc(C(=O)OCCCCCO)n2)cc1. The lowest BCUT2D eigenvalue weighted by Crippen LogP contribution is -2.08. The first-order valence-electron chi connectivity index (χ1n) is 6.90. The summed E-state index contributed by atoms with van der Waals surface area (Å²) in [4.78, 5) is 11.8. The number of unbranched alkanes of at least 4 members (excludes halogenated alkanes) is 2. The molecule has 1 heterocycles. The Morgan fingerprint density at radius 1 is 1.19 bits per heavy atom. The van der Waals surface area contributed by atoms with E-state index in [2.05, 4.69) is 5.10 Å². The van der Waals surface area contributed by atoms with Crippen LogP contribution < -0.4 is 5.73 Å². The molecule has 0 spiro atoms. The molecule has 1 aromatic carbocycles. The van der Waals surface area contributed by atoms with Crippen molar-refractivity contribution in [3.8, 4) is 5.69 Å². The summed E-state index contributed by atoms with van der Waals surface area (Å²) >= 11 is 0. The van der Waals surface area contributed by atoms with Crippen molar-refractivity contribution < 1.29 is 14.6 Å². The van der Waals surface area contributed by atoms with E-state index in [1.54, 1.807) is 29.1 Å². The second kappa shape index (κ2) is 7.44. The van der Waals surface area contributed by atoms with Crippen LogP contribution in [-0.2, 0) is 4.74 Å². The third kappa shape index (κ3) is 4.32. The molecule has 0 unspecified atom stereocenters. The van der Waals surface area contributed by atoms with Crippen molar-refractivity contribution in [2.24, 2.45) is 0 Å². The lowest BCUT2D eigenvalue weighted by Gasteiger charge is -2.03. The number of aliphatic hydroxyl groups is 1. The van der Waals surface area contributed by atoms with Crippen LogP contribution in [0.4, 0.5) is 5.69 Å². The first-order valence-corrected chi connectivity index (χ1v) is 6.90. The number of nitrogens with zero attached hydrogens (tertiary/aromatic N) is 2. The van der Waals surface area contributed by atoms with Crippen LogP contribution in [0.15, 0.2) is 36.5 Å². The van der Waals surface area contributed by atoms with Crippen molar-refractivity contribution in [1.82, 2.24) is 9.78 Å². The van der Waals surface area contributed by atoms with E-state index in [9.17, 15) is 4.79 Å². The molecule has 0 atom stereocenters. The number of aromatic nitrogens is 2. The molecular formula is C15H19N3O3. The van der Waals surface area contributed by atoms with E-state index in [0.717, 1.165) is 24.9 Å². The Morgan fingerprint density at radius 3 is 2.67 bits per heavy atom. The minimum atomic E-state index is -0.437. The third-order valence-corrected chi connectivity index (χ3v) is 2.99. The topological polar surface area (TPSA) is 90.4 Å². The van der Waals surface area contributed by atoms with E-state index < -0.39 is 5.97 Å². The van der Waals surface area contributed by atoms with Gasteiger partial charge in [-0.25, -0.2) is 9.48 Å². The molecule has 0 amide bonds. The number of carbonyl (C=O) groups excluding carboxylic acids is 1. The van der Waals surface area contributed by atoms with Crippen molar-refractivity contribution in [2.75, 3.05) is 18.9 Å². The highest BCUT2D eigenvalue weighted by atomic mass is 16.5. The minimum absolute atomic E-state index is 0.167. The van der Waals surface area contributed by atoms with Crippen LogP contribution in [0.1, 0.15) is 29.8 Å². The molecule has 0 saturated carbocycles. The summed E-state index contributed by atoms with van der Waals surface area (Å²) in [7, 11) is 0. The van der Waals surface area contributed by atoms with Crippen molar-refractivity contribution in [3.63, 3.8) is 0 Å². The maximum atomic E-state index is 11.8. The average molecular weight is 289 g/mol. The lowest BCUT2D eigenvalue weighted by atomic mass is 10.2. The summed E-state index contributed by atoms with van der Waals surface area (Å²) in [5, 5.41) is 12.8. The molecule has 3 N–H and O–H groups in total. The van der Waals surface area contributed by atoms with E-state index >= 15 is 0 Å². The Bertz CT molecular complexity index is 578. The van der Waals surface area contributed by atoms with Gasteiger partial charge in [0.25, 0.3) is 0 Å². The van der Waals surface area contributed by atoms with Crippen LogP contribution in [0.3, 0.4) is 0 Å². The number of hydrogen-bond acceptors (Lipinski definition) is 5. The smallest absolute Gasteiger partial charge is 0.358 e. The molecule has 0 fully saturated rings. The Balaban J connectivity index is 1.90. The number of rotatable bonds is 7. The second-order valence-corrected chi connectivity index (χ2v) is 4.66. The standard InChI is InChI=1S/C15H19N3O3/c16-12-4-6-13(7-5-12)18-9-8-14(17-18)15(20)21-11-3-1-2-10-19/h4-9,19H,1-3,10-11,16H2. The highest BCUT2D eigenvalue weighted by Crippen LogP contribution is 2.11. The molecule has 2 aromatic rings. The van der Waals surface area contributed by atoms with E-state index in [-0.39, 0.29) is 12.3 Å². The van der Waals surface area contributed by atoms with Gasteiger partial charge >= 0.3 is 5.97 Å². The van der Waals surface area contributed by atoms with Crippen LogP contribution in [0.5, 0.6) is 0 Å². The van der Waals surface area contributed by atoms with E-state index in [1.165, 1.54) is 0 Å². The summed E-state index contributed by atoms with van der Waals surface area (Å²) in [6, 6.07) is 8.82. The number of esters is 1. The zero-order valence-corrected chi connectivity index (χ0v) is 11.7. The number of carbonyl (C=O) groups is 1. The van der Waals surface area contributed by atoms with Crippen molar-refractivity contribution in [2.45, 2.75) is 19.3 Å². The molecule has 0 aliphatic rings. The van der Waals surface area contributed by atoms with Gasteiger partial charge in [0.15, 0.2) is 5.69 Å². The van der Waals surface area contributed by atoms with Gasteiger partial charge in [-0.1, -0.05) is 0 Å². The van der Waals surface area contributed by atoms with Gasteiger partial charge in [-0.05, 0) is 49.6 Å². The summed E-state index contributed by atoms with van der Waals surface area (Å²) < 4.78 is 6.73. The third-order valence-electron chi connectivity index (χ3n) is 2.99. The van der Waals surface area contributed by atoms with Gasteiger partial charge in [0.1, 0.15) is 0 Å². The minimum Gasteiger partial charge on any atom is -0.461 e. The van der Waals surface area contributed by atoms with Crippen molar-refractivity contribution >= 4 is 11.7 Å². The molecule has 1 aromatic heterocycles. The van der Waals surface area contributed by atoms with E-state index in [0.29, 0.717) is 12.3 Å². The Hall–Kier alpha value is -2.34.